The van der Waals surface area contributed by atoms with Crippen LogP contribution in [0.2, 0.25) is 0 Å². The summed E-state index contributed by atoms with van der Waals surface area (Å²) in [7, 11) is 4.20. The molecular formula is C19H24N2. The fraction of sp³-hybridized carbons (Fsp3) is 0.368. The molecule has 0 aliphatic carbocycles. The largest absolute Gasteiger partial charge is 0.378 e. The minimum atomic E-state index is 0.313. The third-order valence-corrected chi connectivity index (χ3v) is 4.56. The van der Waals surface area contributed by atoms with Crippen LogP contribution in [-0.4, -0.2) is 20.6 Å². The molecule has 2 nitrogen and oxygen atoms in total. The molecule has 0 bridgehead atoms. The Morgan fingerprint density at radius 1 is 1.00 bits per heavy atom. The molecule has 1 N–H and O–H groups in total. The normalized spacial score (nSPS) is 17.4. The molecule has 0 saturated carbocycles. The third kappa shape index (κ3) is 2.68. The summed E-state index contributed by atoms with van der Waals surface area (Å²) in [5.41, 5.74) is 8.27. The van der Waals surface area contributed by atoms with Crippen LogP contribution in [0.5, 0.6) is 0 Å². The predicted octanol–water partition coefficient (Wildman–Crippen LogP) is 3.60. The third-order valence-electron chi connectivity index (χ3n) is 4.56. The van der Waals surface area contributed by atoms with Crippen molar-refractivity contribution in [2.75, 3.05) is 25.5 Å². The van der Waals surface area contributed by atoms with Gasteiger partial charge in [0.2, 0.25) is 0 Å². The quantitative estimate of drug-likeness (QED) is 0.904. The van der Waals surface area contributed by atoms with Gasteiger partial charge in [0, 0.05) is 26.3 Å². The minimum Gasteiger partial charge on any atom is -0.378 e. The summed E-state index contributed by atoms with van der Waals surface area (Å²) in [5, 5.41) is 3.69. The van der Waals surface area contributed by atoms with Crippen LogP contribution >= 0.6 is 0 Å². The van der Waals surface area contributed by atoms with Gasteiger partial charge in [-0.15, -0.1) is 0 Å². The highest BCUT2D eigenvalue weighted by Gasteiger charge is 2.22. The maximum atomic E-state index is 3.69. The van der Waals surface area contributed by atoms with Crippen LogP contribution in [0.15, 0.2) is 36.4 Å². The van der Waals surface area contributed by atoms with Crippen molar-refractivity contribution in [1.29, 1.82) is 0 Å². The molecule has 1 atom stereocenters. The number of rotatable bonds is 2. The van der Waals surface area contributed by atoms with Crippen molar-refractivity contribution in [3.63, 3.8) is 0 Å². The van der Waals surface area contributed by atoms with Gasteiger partial charge in [0.25, 0.3) is 0 Å². The Bertz CT molecular complexity index is 659. The molecule has 1 unspecified atom stereocenters. The first kappa shape index (κ1) is 14.2. The van der Waals surface area contributed by atoms with Crippen molar-refractivity contribution >= 4 is 5.69 Å². The van der Waals surface area contributed by atoms with Crippen molar-refractivity contribution in [2.24, 2.45) is 0 Å². The van der Waals surface area contributed by atoms with Crippen molar-refractivity contribution in [1.82, 2.24) is 5.32 Å². The average molecular weight is 280 g/mol. The highest BCUT2D eigenvalue weighted by molar-refractivity contribution is 5.53. The second-order valence-electron chi connectivity index (χ2n) is 6.26. The number of anilines is 1. The Kier molecular flexibility index (Phi) is 3.73. The topological polar surface area (TPSA) is 15.3 Å². The van der Waals surface area contributed by atoms with Crippen LogP contribution in [0.1, 0.15) is 33.9 Å². The Balaban J connectivity index is 2.06. The van der Waals surface area contributed by atoms with Crippen LogP contribution in [0.25, 0.3) is 0 Å². The molecule has 0 spiro atoms. The van der Waals surface area contributed by atoms with Crippen LogP contribution in [0.3, 0.4) is 0 Å². The van der Waals surface area contributed by atoms with Gasteiger partial charge in [-0.05, 0) is 60.2 Å². The summed E-state index contributed by atoms with van der Waals surface area (Å²) < 4.78 is 0. The van der Waals surface area contributed by atoms with Gasteiger partial charge >= 0.3 is 0 Å². The molecule has 1 heterocycles. The summed E-state index contributed by atoms with van der Waals surface area (Å²) >= 11 is 0. The fourth-order valence-electron chi connectivity index (χ4n) is 3.06. The lowest BCUT2D eigenvalue weighted by Crippen LogP contribution is -2.31. The second kappa shape index (κ2) is 5.53. The van der Waals surface area contributed by atoms with E-state index in [0.29, 0.717) is 6.04 Å². The van der Waals surface area contributed by atoms with Crippen molar-refractivity contribution in [2.45, 2.75) is 26.3 Å². The van der Waals surface area contributed by atoms with E-state index in [-0.39, 0.29) is 0 Å². The van der Waals surface area contributed by atoms with Gasteiger partial charge in [-0.25, -0.2) is 0 Å². The first-order valence-electron chi connectivity index (χ1n) is 7.67. The zero-order valence-electron chi connectivity index (χ0n) is 13.4. The SMILES string of the molecule is Cc1ccc(C2NCCc3ccc(N(C)C)cc32)cc1C. The van der Waals surface area contributed by atoms with E-state index in [9.17, 15) is 0 Å². The number of aryl methyl sites for hydroxylation is 2. The summed E-state index contributed by atoms with van der Waals surface area (Å²) in [6, 6.07) is 14.0. The lowest BCUT2D eigenvalue weighted by Gasteiger charge is -2.29. The predicted molar refractivity (Wildman–Crippen MR) is 90.2 cm³/mol. The molecule has 1 aliphatic rings. The molecule has 21 heavy (non-hydrogen) atoms. The number of nitrogens with zero attached hydrogens (tertiary/aromatic N) is 1. The van der Waals surface area contributed by atoms with Gasteiger partial charge in [0.1, 0.15) is 0 Å². The smallest absolute Gasteiger partial charge is 0.0580 e. The molecule has 1 aliphatic heterocycles. The molecule has 0 radical (unpaired) electrons. The molecule has 0 saturated heterocycles. The number of hydrogen-bond donors (Lipinski definition) is 1. The van der Waals surface area contributed by atoms with Crippen molar-refractivity contribution < 1.29 is 0 Å². The van der Waals surface area contributed by atoms with Gasteiger partial charge in [0.15, 0.2) is 0 Å². The average Bonchev–Trinajstić information content (AvgIpc) is 2.49. The maximum absolute atomic E-state index is 3.69. The zero-order valence-corrected chi connectivity index (χ0v) is 13.4. The van der Waals surface area contributed by atoms with Gasteiger partial charge in [-0.1, -0.05) is 24.3 Å². The molecule has 2 aromatic carbocycles. The molecular weight excluding hydrogens is 256 g/mol. The van der Waals surface area contributed by atoms with Gasteiger partial charge in [0.05, 0.1) is 6.04 Å². The lowest BCUT2D eigenvalue weighted by molar-refractivity contribution is 0.567. The summed E-state index contributed by atoms with van der Waals surface area (Å²) in [6.07, 6.45) is 1.12. The van der Waals surface area contributed by atoms with Crippen LogP contribution in [0.4, 0.5) is 5.69 Å². The molecule has 110 valence electrons. The molecule has 0 fully saturated rings. The summed E-state index contributed by atoms with van der Waals surface area (Å²) in [5.74, 6) is 0. The van der Waals surface area contributed by atoms with Gasteiger partial charge < -0.3 is 10.2 Å². The first-order chi connectivity index (χ1) is 10.1. The maximum Gasteiger partial charge on any atom is 0.0580 e. The Morgan fingerprint density at radius 2 is 1.81 bits per heavy atom. The Morgan fingerprint density at radius 3 is 2.52 bits per heavy atom. The molecule has 2 heteroatoms. The zero-order chi connectivity index (χ0) is 15.0. The number of benzene rings is 2. The standard InChI is InChI=1S/C19H24N2/c1-13-5-6-16(11-14(13)2)19-18-12-17(21(3)4)8-7-15(18)9-10-20-19/h5-8,11-12,19-20H,9-10H2,1-4H3. The molecule has 0 amide bonds. The van der Waals surface area contributed by atoms with E-state index < -0.39 is 0 Å². The highest BCUT2D eigenvalue weighted by Crippen LogP contribution is 2.32. The summed E-state index contributed by atoms with van der Waals surface area (Å²) in [6.45, 7) is 5.41. The van der Waals surface area contributed by atoms with Gasteiger partial charge in [-0.3, -0.25) is 0 Å². The van der Waals surface area contributed by atoms with Gasteiger partial charge in [-0.2, -0.15) is 0 Å². The first-order valence-corrected chi connectivity index (χ1v) is 7.67. The summed E-state index contributed by atoms with van der Waals surface area (Å²) in [4.78, 5) is 2.17. The number of hydrogen-bond acceptors (Lipinski definition) is 2. The van der Waals surface area contributed by atoms with Crippen molar-refractivity contribution in [3.05, 3.63) is 64.2 Å². The van der Waals surface area contributed by atoms with E-state index in [0.717, 1.165) is 13.0 Å². The molecule has 3 rings (SSSR count). The number of fused-ring (bicyclic) bond motifs is 1. The second-order valence-corrected chi connectivity index (χ2v) is 6.26. The fourth-order valence-corrected chi connectivity index (χ4v) is 3.06. The molecule has 0 aromatic heterocycles. The number of nitrogens with one attached hydrogen (secondary N) is 1. The van der Waals surface area contributed by atoms with E-state index in [1.165, 1.54) is 33.5 Å². The van der Waals surface area contributed by atoms with Crippen LogP contribution in [0, 0.1) is 13.8 Å². The van der Waals surface area contributed by atoms with Crippen LogP contribution in [-0.2, 0) is 6.42 Å². The van der Waals surface area contributed by atoms with E-state index in [1.807, 2.05) is 0 Å². The van der Waals surface area contributed by atoms with Crippen molar-refractivity contribution in [3.8, 4) is 0 Å². The lowest BCUT2D eigenvalue weighted by atomic mass is 9.88. The highest BCUT2D eigenvalue weighted by atomic mass is 15.1. The Labute approximate surface area is 127 Å². The van der Waals surface area contributed by atoms with E-state index >= 15 is 0 Å². The molecule has 2 aromatic rings. The minimum absolute atomic E-state index is 0.313. The van der Waals surface area contributed by atoms with E-state index in [1.54, 1.807) is 0 Å². The Hall–Kier alpha value is -1.80. The van der Waals surface area contributed by atoms with E-state index in [4.69, 9.17) is 0 Å². The van der Waals surface area contributed by atoms with Crippen LogP contribution < -0.4 is 10.2 Å². The monoisotopic (exact) mass is 280 g/mol. The van der Waals surface area contributed by atoms with E-state index in [2.05, 4.69) is 74.6 Å².